The van der Waals surface area contributed by atoms with Crippen molar-refractivity contribution in [2.24, 2.45) is 0 Å². The molecule has 0 aliphatic carbocycles. The number of amides is 1. The largest absolute Gasteiger partial charge is 0.434 e. The minimum absolute atomic E-state index is 0.0637. The zero-order chi connectivity index (χ0) is 15.3. The van der Waals surface area contributed by atoms with Gasteiger partial charge in [-0.3, -0.25) is 4.79 Å². The number of carbonyl (C=O) groups is 1. The summed E-state index contributed by atoms with van der Waals surface area (Å²) in [6, 6.07) is 5.89. The molecule has 1 aliphatic heterocycles. The maximum absolute atomic E-state index is 12.4. The summed E-state index contributed by atoms with van der Waals surface area (Å²) in [6.07, 6.45) is 1.17. The zero-order valence-corrected chi connectivity index (χ0v) is 12.0. The number of benzene rings is 1. The smallest absolute Gasteiger partial charge is 0.387 e. The highest BCUT2D eigenvalue weighted by atomic mass is 35.5. The fourth-order valence-corrected chi connectivity index (χ4v) is 2.55. The Balaban J connectivity index is 2.16. The van der Waals surface area contributed by atoms with Gasteiger partial charge in [0.15, 0.2) is 0 Å². The monoisotopic (exact) mass is 319 g/mol. The van der Waals surface area contributed by atoms with Crippen LogP contribution in [0.1, 0.15) is 23.2 Å². The first-order valence-corrected chi connectivity index (χ1v) is 7.10. The summed E-state index contributed by atoms with van der Waals surface area (Å²) in [6.45, 7) is -1.98. The third kappa shape index (κ3) is 4.04. The molecule has 116 valence electrons. The average molecular weight is 320 g/mol. The number of carbonyl (C=O) groups excluding carboxylic acids is 1. The second-order valence-corrected chi connectivity index (χ2v) is 5.12. The van der Waals surface area contributed by atoms with Crippen LogP contribution in [0.2, 0.25) is 0 Å². The van der Waals surface area contributed by atoms with Gasteiger partial charge in [-0.05, 0) is 25.0 Å². The van der Waals surface area contributed by atoms with Crippen LogP contribution in [0.15, 0.2) is 24.3 Å². The van der Waals surface area contributed by atoms with Gasteiger partial charge >= 0.3 is 6.61 Å². The molecule has 2 rings (SSSR count). The highest BCUT2D eigenvalue weighted by Crippen LogP contribution is 2.25. The van der Waals surface area contributed by atoms with Crippen molar-refractivity contribution in [2.45, 2.75) is 25.0 Å². The van der Waals surface area contributed by atoms with Crippen LogP contribution in [0.5, 0.6) is 5.75 Å². The molecule has 0 spiro atoms. The second-order valence-electron chi connectivity index (χ2n) is 4.86. The summed E-state index contributed by atoms with van der Waals surface area (Å²) >= 11 is 5.97. The van der Waals surface area contributed by atoms with Crippen molar-refractivity contribution in [3.63, 3.8) is 0 Å². The first-order chi connectivity index (χ1) is 10.1. The second kappa shape index (κ2) is 7.04. The Kier molecular flexibility index (Phi) is 5.36. The standard InChI is InChI=1S/C14H16ClF2NO3/c15-9-14(5-7-20-8-6-14)18-12(19)10-3-1-2-4-11(10)21-13(16)17/h1-4,13H,5-9H2,(H,18,19). The fraction of sp³-hybridized carbons (Fsp3) is 0.500. The lowest BCUT2D eigenvalue weighted by molar-refractivity contribution is -0.0502. The van der Waals surface area contributed by atoms with Crippen molar-refractivity contribution in [1.82, 2.24) is 5.32 Å². The van der Waals surface area contributed by atoms with E-state index in [-0.39, 0.29) is 17.2 Å². The highest BCUT2D eigenvalue weighted by Gasteiger charge is 2.34. The Labute approximate surface area is 126 Å². The molecule has 0 saturated carbocycles. The number of nitrogens with one attached hydrogen (secondary N) is 1. The highest BCUT2D eigenvalue weighted by molar-refractivity contribution is 6.19. The predicted molar refractivity (Wildman–Crippen MR) is 74.0 cm³/mol. The van der Waals surface area contributed by atoms with Crippen molar-refractivity contribution in [2.75, 3.05) is 19.1 Å². The molecule has 0 atom stereocenters. The average Bonchev–Trinajstić information content (AvgIpc) is 2.48. The third-order valence-corrected chi connectivity index (χ3v) is 3.94. The topological polar surface area (TPSA) is 47.6 Å². The van der Waals surface area contributed by atoms with E-state index in [9.17, 15) is 13.6 Å². The summed E-state index contributed by atoms with van der Waals surface area (Å²) in [7, 11) is 0. The Hall–Kier alpha value is -1.40. The molecule has 0 radical (unpaired) electrons. The van der Waals surface area contributed by atoms with Gasteiger partial charge in [-0.2, -0.15) is 8.78 Å². The molecule has 21 heavy (non-hydrogen) atoms. The maximum atomic E-state index is 12.4. The van der Waals surface area contributed by atoms with Crippen LogP contribution in [-0.2, 0) is 4.74 Å². The van der Waals surface area contributed by atoms with Gasteiger partial charge in [-0.15, -0.1) is 11.6 Å². The van der Waals surface area contributed by atoms with Crippen LogP contribution in [-0.4, -0.2) is 37.2 Å². The van der Waals surface area contributed by atoms with E-state index >= 15 is 0 Å². The number of hydrogen-bond acceptors (Lipinski definition) is 3. The van der Waals surface area contributed by atoms with Crippen LogP contribution >= 0.6 is 11.6 Å². The number of ether oxygens (including phenoxy) is 2. The van der Waals surface area contributed by atoms with E-state index in [4.69, 9.17) is 16.3 Å². The van der Waals surface area contributed by atoms with Crippen molar-refractivity contribution < 1.29 is 23.0 Å². The first-order valence-electron chi connectivity index (χ1n) is 6.56. The van der Waals surface area contributed by atoms with Gasteiger partial charge in [-0.1, -0.05) is 12.1 Å². The molecule has 1 N–H and O–H groups in total. The van der Waals surface area contributed by atoms with E-state index in [1.807, 2.05) is 0 Å². The summed E-state index contributed by atoms with van der Waals surface area (Å²) in [5.41, 5.74) is -0.511. The van der Waals surface area contributed by atoms with Gasteiger partial charge in [0.2, 0.25) is 0 Å². The first kappa shape index (κ1) is 16.0. The molecule has 0 aromatic heterocycles. The summed E-state index contributed by atoms with van der Waals surface area (Å²) < 4.78 is 34.4. The molecule has 0 unspecified atom stereocenters. The van der Waals surface area contributed by atoms with Crippen molar-refractivity contribution in [3.05, 3.63) is 29.8 Å². The Morgan fingerprint density at radius 3 is 2.67 bits per heavy atom. The number of rotatable bonds is 5. The fourth-order valence-electron chi connectivity index (χ4n) is 2.22. The van der Waals surface area contributed by atoms with E-state index in [1.165, 1.54) is 18.2 Å². The molecule has 1 aromatic carbocycles. The Bertz CT molecular complexity index is 493. The molecular weight excluding hydrogens is 304 g/mol. The molecule has 7 heteroatoms. The van der Waals surface area contributed by atoms with Gasteiger partial charge in [-0.25, -0.2) is 0 Å². The van der Waals surface area contributed by atoms with Crippen LogP contribution in [0, 0.1) is 0 Å². The van der Waals surface area contributed by atoms with Gasteiger partial charge < -0.3 is 14.8 Å². The summed E-state index contributed by atoms with van der Waals surface area (Å²) in [5, 5.41) is 2.84. The molecule has 1 saturated heterocycles. The van der Waals surface area contributed by atoms with Crippen LogP contribution < -0.4 is 10.1 Å². The molecule has 1 amide bonds. The van der Waals surface area contributed by atoms with E-state index in [0.29, 0.717) is 26.1 Å². The lowest BCUT2D eigenvalue weighted by Crippen LogP contribution is -2.53. The summed E-state index contributed by atoms with van der Waals surface area (Å²) in [4.78, 5) is 12.3. The molecule has 4 nitrogen and oxygen atoms in total. The normalized spacial score (nSPS) is 17.5. The lowest BCUT2D eigenvalue weighted by atomic mass is 9.91. The Morgan fingerprint density at radius 1 is 1.38 bits per heavy atom. The minimum atomic E-state index is -2.98. The minimum Gasteiger partial charge on any atom is -0.434 e. The van der Waals surface area contributed by atoms with Crippen LogP contribution in [0.25, 0.3) is 0 Å². The van der Waals surface area contributed by atoms with Gasteiger partial charge in [0, 0.05) is 19.1 Å². The van der Waals surface area contributed by atoms with E-state index < -0.39 is 18.1 Å². The third-order valence-electron chi connectivity index (χ3n) is 3.43. The molecule has 1 heterocycles. The van der Waals surface area contributed by atoms with Crippen molar-refractivity contribution >= 4 is 17.5 Å². The number of para-hydroxylation sites is 1. The zero-order valence-electron chi connectivity index (χ0n) is 11.3. The van der Waals surface area contributed by atoms with Crippen molar-refractivity contribution in [1.29, 1.82) is 0 Å². The molecule has 1 aliphatic rings. The molecule has 0 bridgehead atoms. The van der Waals surface area contributed by atoms with Gasteiger partial charge in [0.05, 0.1) is 11.1 Å². The summed E-state index contributed by atoms with van der Waals surface area (Å²) in [5.74, 6) is -0.393. The van der Waals surface area contributed by atoms with E-state index in [2.05, 4.69) is 10.1 Å². The number of halogens is 3. The van der Waals surface area contributed by atoms with Gasteiger partial charge in [0.25, 0.3) is 5.91 Å². The maximum Gasteiger partial charge on any atom is 0.387 e. The van der Waals surface area contributed by atoms with Gasteiger partial charge in [0.1, 0.15) is 5.75 Å². The molecular formula is C14H16ClF2NO3. The van der Waals surface area contributed by atoms with E-state index in [0.717, 1.165) is 0 Å². The number of hydrogen-bond donors (Lipinski definition) is 1. The Morgan fingerprint density at radius 2 is 2.05 bits per heavy atom. The SMILES string of the molecule is O=C(NC1(CCl)CCOCC1)c1ccccc1OC(F)F. The number of alkyl halides is 3. The molecule has 1 fully saturated rings. The van der Waals surface area contributed by atoms with Crippen LogP contribution in [0.4, 0.5) is 8.78 Å². The quantitative estimate of drug-likeness (QED) is 0.849. The van der Waals surface area contributed by atoms with E-state index in [1.54, 1.807) is 6.07 Å². The molecule has 1 aromatic rings. The van der Waals surface area contributed by atoms with Crippen molar-refractivity contribution in [3.8, 4) is 5.75 Å². The van der Waals surface area contributed by atoms with Crippen LogP contribution in [0.3, 0.4) is 0 Å². The lowest BCUT2D eigenvalue weighted by Gasteiger charge is -2.36. The predicted octanol–water partition coefficient (Wildman–Crippen LogP) is 2.81.